The SMILES string of the molecule is CCc1cc(OC(F)(F)F)cc(C(=O)O)c1C#N. The highest BCUT2D eigenvalue weighted by Gasteiger charge is 2.32. The number of nitriles is 1. The van der Waals surface area contributed by atoms with Gasteiger partial charge in [0.25, 0.3) is 0 Å². The van der Waals surface area contributed by atoms with Crippen molar-refractivity contribution in [3.8, 4) is 11.8 Å². The molecule has 96 valence electrons. The predicted octanol–water partition coefficient (Wildman–Crippen LogP) is 2.72. The van der Waals surface area contributed by atoms with Gasteiger partial charge >= 0.3 is 12.3 Å². The van der Waals surface area contributed by atoms with Crippen LogP contribution >= 0.6 is 0 Å². The fourth-order valence-corrected chi connectivity index (χ4v) is 1.45. The van der Waals surface area contributed by atoms with Crippen LogP contribution in [-0.4, -0.2) is 17.4 Å². The standard InChI is InChI=1S/C11H8F3NO3/c1-2-6-3-7(18-11(12,13)14)4-8(10(16)17)9(6)5-15/h3-4H,2H2,1H3,(H,16,17). The van der Waals surface area contributed by atoms with Crippen LogP contribution in [0.25, 0.3) is 0 Å². The smallest absolute Gasteiger partial charge is 0.478 e. The zero-order valence-corrected chi connectivity index (χ0v) is 9.21. The van der Waals surface area contributed by atoms with Gasteiger partial charge in [-0.05, 0) is 24.1 Å². The molecule has 0 spiro atoms. The summed E-state index contributed by atoms with van der Waals surface area (Å²) in [5, 5.41) is 17.7. The number of alkyl halides is 3. The van der Waals surface area contributed by atoms with Crippen molar-refractivity contribution in [3.05, 3.63) is 28.8 Å². The lowest BCUT2D eigenvalue weighted by Crippen LogP contribution is -2.18. The van der Waals surface area contributed by atoms with Gasteiger partial charge in [0.15, 0.2) is 0 Å². The van der Waals surface area contributed by atoms with Crippen LogP contribution in [0.15, 0.2) is 12.1 Å². The molecule has 1 aromatic rings. The van der Waals surface area contributed by atoms with E-state index >= 15 is 0 Å². The van der Waals surface area contributed by atoms with Crippen molar-refractivity contribution >= 4 is 5.97 Å². The minimum Gasteiger partial charge on any atom is -0.478 e. The third kappa shape index (κ3) is 3.13. The number of hydrogen-bond acceptors (Lipinski definition) is 3. The molecule has 0 atom stereocenters. The lowest BCUT2D eigenvalue weighted by atomic mass is 9.99. The number of carbonyl (C=O) groups is 1. The summed E-state index contributed by atoms with van der Waals surface area (Å²) in [5.74, 6) is -2.12. The van der Waals surface area contributed by atoms with E-state index in [1.807, 2.05) is 0 Å². The van der Waals surface area contributed by atoms with E-state index in [0.717, 1.165) is 6.07 Å². The van der Waals surface area contributed by atoms with Crippen molar-refractivity contribution in [2.45, 2.75) is 19.7 Å². The molecule has 0 unspecified atom stereocenters. The second-order valence-electron chi connectivity index (χ2n) is 3.32. The molecule has 0 fully saturated rings. The molecule has 7 heteroatoms. The van der Waals surface area contributed by atoms with Crippen LogP contribution in [0.3, 0.4) is 0 Å². The third-order valence-corrected chi connectivity index (χ3v) is 2.15. The monoisotopic (exact) mass is 259 g/mol. The van der Waals surface area contributed by atoms with Gasteiger partial charge in [-0.3, -0.25) is 0 Å². The molecule has 1 N–H and O–H groups in total. The number of carboxylic acids is 1. The Morgan fingerprint density at radius 1 is 1.50 bits per heavy atom. The average Bonchev–Trinajstić information content (AvgIpc) is 2.25. The Balaban J connectivity index is 3.38. The molecule has 0 saturated carbocycles. The summed E-state index contributed by atoms with van der Waals surface area (Å²) in [4.78, 5) is 10.9. The first-order valence-corrected chi connectivity index (χ1v) is 4.84. The Morgan fingerprint density at radius 2 is 2.11 bits per heavy atom. The Labute approximate surface area is 100 Å². The van der Waals surface area contributed by atoms with Gasteiger partial charge in [-0.15, -0.1) is 13.2 Å². The lowest BCUT2D eigenvalue weighted by Gasteiger charge is -2.12. The van der Waals surface area contributed by atoms with E-state index in [2.05, 4.69) is 4.74 Å². The highest BCUT2D eigenvalue weighted by Crippen LogP contribution is 2.28. The molecular formula is C11H8F3NO3. The number of hydrogen-bond donors (Lipinski definition) is 1. The number of nitrogens with zero attached hydrogens (tertiary/aromatic N) is 1. The molecule has 18 heavy (non-hydrogen) atoms. The highest BCUT2D eigenvalue weighted by atomic mass is 19.4. The molecule has 0 saturated heterocycles. The van der Waals surface area contributed by atoms with Crippen LogP contribution in [-0.2, 0) is 6.42 Å². The average molecular weight is 259 g/mol. The van der Waals surface area contributed by atoms with Crippen molar-refractivity contribution in [3.63, 3.8) is 0 Å². The molecule has 1 rings (SSSR count). The van der Waals surface area contributed by atoms with Crippen LogP contribution in [0.5, 0.6) is 5.75 Å². The largest absolute Gasteiger partial charge is 0.573 e. The molecule has 0 aliphatic carbocycles. The molecule has 0 aliphatic heterocycles. The summed E-state index contributed by atoms with van der Waals surface area (Å²) in [7, 11) is 0. The molecule has 0 amide bonds. The van der Waals surface area contributed by atoms with Gasteiger partial charge in [0.1, 0.15) is 11.8 Å². The normalized spacial score (nSPS) is 10.8. The van der Waals surface area contributed by atoms with E-state index < -0.39 is 23.6 Å². The van der Waals surface area contributed by atoms with Gasteiger partial charge < -0.3 is 9.84 Å². The molecule has 0 bridgehead atoms. The molecule has 4 nitrogen and oxygen atoms in total. The first-order valence-electron chi connectivity index (χ1n) is 4.84. The predicted molar refractivity (Wildman–Crippen MR) is 54.2 cm³/mol. The minimum absolute atomic E-state index is 0.153. The fourth-order valence-electron chi connectivity index (χ4n) is 1.45. The summed E-state index contributed by atoms with van der Waals surface area (Å²) < 4.78 is 39.8. The quantitative estimate of drug-likeness (QED) is 0.905. The molecule has 0 heterocycles. The fraction of sp³-hybridized carbons (Fsp3) is 0.273. The van der Waals surface area contributed by atoms with Crippen molar-refractivity contribution in [1.29, 1.82) is 5.26 Å². The van der Waals surface area contributed by atoms with Crippen LogP contribution in [0.4, 0.5) is 13.2 Å². The Kier molecular flexibility index (Phi) is 3.81. The molecule has 1 aromatic carbocycles. The van der Waals surface area contributed by atoms with E-state index in [4.69, 9.17) is 10.4 Å². The van der Waals surface area contributed by atoms with Crippen LogP contribution in [0.2, 0.25) is 0 Å². The number of rotatable bonds is 3. The second kappa shape index (κ2) is 4.96. The van der Waals surface area contributed by atoms with E-state index in [-0.39, 0.29) is 17.5 Å². The number of halogens is 3. The van der Waals surface area contributed by atoms with Gasteiger partial charge in [-0.2, -0.15) is 5.26 Å². The maximum Gasteiger partial charge on any atom is 0.573 e. The highest BCUT2D eigenvalue weighted by molar-refractivity contribution is 5.91. The van der Waals surface area contributed by atoms with E-state index in [1.54, 1.807) is 13.0 Å². The summed E-state index contributed by atoms with van der Waals surface area (Å²) in [6, 6.07) is 3.37. The summed E-state index contributed by atoms with van der Waals surface area (Å²) >= 11 is 0. The number of aromatic carboxylic acids is 1. The number of ether oxygens (including phenoxy) is 1. The van der Waals surface area contributed by atoms with Gasteiger partial charge in [0, 0.05) is 0 Å². The van der Waals surface area contributed by atoms with Gasteiger partial charge in [0.2, 0.25) is 0 Å². The first kappa shape index (κ1) is 13.8. The topological polar surface area (TPSA) is 70.3 Å². The summed E-state index contributed by atoms with van der Waals surface area (Å²) in [5.41, 5.74) is -0.465. The number of benzene rings is 1. The van der Waals surface area contributed by atoms with E-state index in [0.29, 0.717) is 6.07 Å². The number of carboxylic acid groups (broad SMARTS) is 1. The van der Waals surface area contributed by atoms with Gasteiger partial charge in [0.05, 0.1) is 11.1 Å². The van der Waals surface area contributed by atoms with Gasteiger partial charge in [-0.25, -0.2) is 4.79 Å². The Bertz CT molecular complexity index is 517. The zero-order chi connectivity index (χ0) is 13.9. The first-order chi connectivity index (χ1) is 8.28. The summed E-state index contributed by atoms with van der Waals surface area (Å²) in [6.45, 7) is 1.60. The van der Waals surface area contributed by atoms with Gasteiger partial charge in [-0.1, -0.05) is 6.92 Å². The molecular weight excluding hydrogens is 251 g/mol. The van der Waals surface area contributed by atoms with Crippen molar-refractivity contribution in [1.82, 2.24) is 0 Å². The van der Waals surface area contributed by atoms with E-state index in [1.165, 1.54) is 0 Å². The second-order valence-corrected chi connectivity index (χ2v) is 3.32. The molecule has 0 aliphatic rings. The third-order valence-electron chi connectivity index (χ3n) is 2.15. The van der Waals surface area contributed by atoms with Crippen LogP contribution in [0, 0.1) is 11.3 Å². The minimum atomic E-state index is -4.91. The number of aryl methyl sites for hydroxylation is 1. The van der Waals surface area contributed by atoms with Crippen LogP contribution < -0.4 is 4.74 Å². The maximum atomic E-state index is 12.1. The van der Waals surface area contributed by atoms with Crippen molar-refractivity contribution < 1.29 is 27.8 Å². The maximum absolute atomic E-state index is 12.1. The Morgan fingerprint density at radius 3 is 2.50 bits per heavy atom. The Hall–Kier alpha value is -2.23. The van der Waals surface area contributed by atoms with Crippen molar-refractivity contribution in [2.24, 2.45) is 0 Å². The summed E-state index contributed by atoms with van der Waals surface area (Å²) in [6.07, 6.45) is -4.69. The lowest BCUT2D eigenvalue weighted by molar-refractivity contribution is -0.274. The zero-order valence-electron chi connectivity index (χ0n) is 9.21. The van der Waals surface area contributed by atoms with E-state index in [9.17, 15) is 18.0 Å². The van der Waals surface area contributed by atoms with Crippen LogP contribution in [0.1, 0.15) is 28.4 Å². The molecule has 0 aromatic heterocycles. The van der Waals surface area contributed by atoms with Crippen molar-refractivity contribution in [2.75, 3.05) is 0 Å². The molecule has 0 radical (unpaired) electrons.